The summed E-state index contributed by atoms with van der Waals surface area (Å²) in [5.41, 5.74) is 0.372. The third-order valence-electron chi connectivity index (χ3n) is 8.29. The van der Waals surface area contributed by atoms with E-state index in [2.05, 4.69) is 51.9 Å². The zero-order chi connectivity index (χ0) is 27.3. The molecule has 3 amide bonds. The van der Waals surface area contributed by atoms with E-state index in [9.17, 15) is 14.4 Å². The van der Waals surface area contributed by atoms with Gasteiger partial charge in [0, 0.05) is 37.4 Å². The fraction of sp³-hybridized carbons (Fsp3) is 0.714. The molecule has 2 fully saturated rings. The van der Waals surface area contributed by atoms with Crippen LogP contribution in [-0.2, 0) is 26.2 Å². The largest absolute Gasteiger partial charge is 0.381 e. The molecule has 1 aromatic rings. The molecule has 1 spiro atoms. The van der Waals surface area contributed by atoms with Crippen LogP contribution >= 0.6 is 0 Å². The zero-order valence-corrected chi connectivity index (χ0v) is 23.3. The van der Waals surface area contributed by atoms with Crippen molar-refractivity contribution < 1.29 is 19.1 Å². The van der Waals surface area contributed by atoms with E-state index >= 15 is 0 Å². The average Bonchev–Trinajstić information content (AvgIpc) is 3.18. The third kappa shape index (κ3) is 7.02. The molecule has 10 heteroatoms. The Bertz CT molecular complexity index is 1010. The highest BCUT2D eigenvalue weighted by atomic mass is 16.5. The summed E-state index contributed by atoms with van der Waals surface area (Å²) in [7, 11) is 1.84. The number of ether oxygens (including phenoxy) is 1. The number of hydrogen-bond acceptors (Lipinski definition) is 6. The first-order chi connectivity index (χ1) is 18.1. The summed E-state index contributed by atoms with van der Waals surface area (Å²) in [5.74, 6) is 0.788. The molecule has 3 aliphatic heterocycles. The number of anilines is 1. The number of carbonyl (C=O) groups excluding carboxylic acids is 3. The topological polar surface area (TPSA) is 118 Å². The molecule has 4 heterocycles. The Labute approximate surface area is 225 Å². The Kier molecular flexibility index (Phi) is 9.25. The highest BCUT2D eigenvalue weighted by Crippen LogP contribution is 2.37. The molecule has 1 aromatic heterocycles. The second-order valence-corrected chi connectivity index (χ2v) is 11.7. The summed E-state index contributed by atoms with van der Waals surface area (Å²) in [6.07, 6.45) is 8.37. The quantitative estimate of drug-likeness (QED) is 0.504. The Hall–Kier alpha value is -2.72. The Morgan fingerprint density at radius 1 is 1.24 bits per heavy atom. The molecule has 4 rings (SSSR count). The van der Waals surface area contributed by atoms with E-state index in [4.69, 9.17) is 4.74 Å². The summed E-state index contributed by atoms with van der Waals surface area (Å²) >= 11 is 0. The van der Waals surface area contributed by atoms with Crippen molar-refractivity contribution in [2.45, 2.75) is 71.4 Å². The molecule has 0 aliphatic carbocycles. The Balaban J connectivity index is 1.44. The summed E-state index contributed by atoms with van der Waals surface area (Å²) in [6, 6.07) is 1.35. The smallest absolute Gasteiger partial charge is 0.242 e. The number of amides is 3. The van der Waals surface area contributed by atoms with Crippen molar-refractivity contribution in [3.63, 3.8) is 0 Å². The molecule has 3 N–H and O–H groups in total. The van der Waals surface area contributed by atoms with Gasteiger partial charge in [-0.15, -0.1) is 0 Å². The molecule has 3 atom stereocenters. The van der Waals surface area contributed by atoms with Crippen molar-refractivity contribution in [3.05, 3.63) is 23.9 Å². The van der Waals surface area contributed by atoms with Gasteiger partial charge < -0.3 is 20.7 Å². The van der Waals surface area contributed by atoms with Crippen molar-refractivity contribution in [1.29, 1.82) is 0 Å². The predicted molar refractivity (Wildman–Crippen MR) is 145 cm³/mol. The van der Waals surface area contributed by atoms with Gasteiger partial charge in [0.05, 0.1) is 18.6 Å². The molecule has 0 aromatic carbocycles. The summed E-state index contributed by atoms with van der Waals surface area (Å²) in [4.78, 5) is 41.8. The summed E-state index contributed by atoms with van der Waals surface area (Å²) in [5, 5.41) is 13.5. The number of aromatic nitrogens is 2. The SMILES string of the molecule is Cc1cc(NC(=O)CN2CCC3(C/C=C\C[C@@H]4COCC[C@@H]4NC(=O)[C@@H](CC(C)C)NC3=O)CC2)nn1C. The second-order valence-electron chi connectivity index (χ2n) is 11.7. The fourth-order valence-corrected chi connectivity index (χ4v) is 5.77. The second kappa shape index (κ2) is 12.4. The van der Waals surface area contributed by atoms with Gasteiger partial charge in [0.15, 0.2) is 5.82 Å². The number of carbonyl (C=O) groups is 3. The van der Waals surface area contributed by atoms with Gasteiger partial charge in [-0.2, -0.15) is 5.10 Å². The van der Waals surface area contributed by atoms with Crippen LogP contribution in [0.15, 0.2) is 18.2 Å². The van der Waals surface area contributed by atoms with E-state index in [-0.39, 0.29) is 42.1 Å². The zero-order valence-electron chi connectivity index (χ0n) is 23.3. The molecule has 3 aliphatic rings. The van der Waals surface area contributed by atoms with Gasteiger partial charge in [0.25, 0.3) is 0 Å². The molecule has 0 unspecified atom stereocenters. The van der Waals surface area contributed by atoms with E-state index in [1.807, 2.05) is 20.0 Å². The van der Waals surface area contributed by atoms with Gasteiger partial charge in [-0.1, -0.05) is 26.0 Å². The van der Waals surface area contributed by atoms with Crippen molar-refractivity contribution in [2.75, 3.05) is 38.2 Å². The number of nitrogens with one attached hydrogen (secondary N) is 3. The summed E-state index contributed by atoms with van der Waals surface area (Å²) < 4.78 is 7.43. The van der Waals surface area contributed by atoms with E-state index < -0.39 is 11.5 Å². The molecule has 0 bridgehead atoms. The lowest BCUT2D eigenvalue weighted by atomic mass is 9.74. The van der Waals surface area contributed by atoms with Crippen LogP contribution in [0.2, 0.25) is 0 Å². The van der Waals surface area contributed by atoms with E-state index in [1.165, 1.54) is 0 Å². The van der Waals surface area contributed by atoms with Gasteiger partial charge in [-0.3, -0.25) is 24.0 Å². The Morgan fingerprint density at radius 3 is 2.68 bits per heavy atom. The van der Waals surface area contributed by atoms with Gasteiger partial charge >= 0.3 is 0 Å². The maximum Gasteiger partial charge on any atom is 0.242 e. The van der Waals surface area contributed by atoms with Crippen LogP contribution in [0, 0.1) is 24.2 Å². The molecule has 2 saturated heterocycles. The first-order valence-electron chi connectivity index (χ1n) is 14.0. The highest BCUT2D eigenvalue weighted by molar-refractivity contribution is 5.92. The number of fused-ring (bicyclic) bond motifs is 1. The first kappa shape index (κ1) is 28.3. The van der Waals surface area contributed by atoms with Gasteiger partial charge in [-0.05, 0) is 64.5 Å². The summed E-state index contributed by atoms with van der Waals surface area (Å²) in [6.45, 7) is 8.88. The first-order valence-corrected chi connectivity index (χ1v) is 14.0. The van der Waals surface area contributed by atoms with Crippen molar-refractivity contribution in [3.8, 4) is 0 Å². The van der Waals surface area contributed by atoms with Crippen LogP contribution in [0.3, 0.4) is 0 Å². The number of nitrogens with zero attached hydrogens (tertiary/aromatic N) is 3. The third-order valence-corrected chi connectivity index (χ3v) is 8.29. The molecule has 10 nitrogen and oxygen atoms in total. The fourth-order valence-electron chi connectivity index (χ4n) is 5.77. The molecule has 0 radical (unpaired) electrons. The average molecular weight is 529 g/mol. The van der Waals surface area contributed by atoms with E-state index in [0.717, 1.165) is 18.5 Å². The van der Waals surface area contributed by atoms with Crippen LogP contribution in [0.4, 0.5) is 5.82 Å². The van der Waals surface area contributed by atoms with Gasteiger partial charge in [0.2, 0.25) is 17.7 Å². The number of rotatable bonds is 5. The molecule has 210 valence electrons. The molecule has 0 saturated carbocycles. The number of piperidine rings is 1. The minimum atomic E-state index is -0.598. The van der Waals surface area contributed by atoms with Gasteiger partial charge in [0.1, 0.15) is 6.04 Å². The van der Waals surface area contributed by atoms with Crippen LogP contribution in [0.5, 0.6) is 0 Å². The number of aryl methyl sites for hydroxylation is 2. The highest BCUT2D eigenvalue weighted by Gasteiger charge is 2.42. The number of allylic oxidation sites excluding steroid dienone is 2. The predicted octanol–water partition coefficient (Wildman–Crippen LogP) is 2.15. The van der Waals surface area contributed by atoms with Crippen LogP contribution in [-0.4, -0.2) is 77.3 Å². The lowest BCUT2D eigenvalue weighted by molar-refractivity contribution is -0.138. The van der Waals surface area contributed by atoms with E-state index in [1.54, 1.807) is 4.68 Å². The van der Waals surface area contributed by atoms with Crippen molar-refractivity contribution in [2.24, 2.45) is 24.3 Å². The minimum absolute atomic E-state index is 0.0555. The lowest BCUT2D eigenvalue weighted by Gasteiger charge is -2.41. The number of likely N-dealkylation sites (tertiary alicyclic amines) is 1. The van der Waals surface area contributed by atoms with E-state index in [0.29, 0.717) is 57.8 Å². The van der Waals surface area contributed by atoms with Crippen LogP contribution in [0.25, 0.3) is 0 Å². The van der Waals surface area contributed by atoms with Crippen molar-refractivity contribution in [1.82, 2.24) is 25.3 Å². The standard InChI is InChI=1S/C28H44N6O4/c1-19(2)15-23-26(36)29-22-8-14-38-18-21(22)7-5-6-9-28(27(37)30-23)10-12-34(13-11-28)17-25(35)31-24-16-20(3)33(4)32-24/h5-6,16,19,21-23H,7-15,17-18H2,1-4H3,(H,29,36)(H,30,37)(H,31,32,35)/b6-5-/t21-,22+,23-/m1/s1. The minimum Gasteiger partial charge on any atom is -0.381 e. The molecular weight excluding hydrogens is 484 g/mol. The van der Waals surface area contributed by atoms with Gasteiger partial charge in [-0.25, -0.2) is 0 Å². The maximum absolute atomic E-state index is 13.8. The van der Waals surface area contributed by atoms with Crippen LogP contribution in [0.1, 0.15) is 58.1 Å². The lowest BCUT2D eigenvalue weighted by Crippen LogP contribution is -2.57. The monoisotopic (exact) mass is 528 g/mol. The molecule has 38 heavy (non-hydrogen) atoms. The number of hydrogen-bond donors (Lipinski definition) is 3. The maximum atomic E-state index is 13.8. The normalized spacial score (nSPS) is 27.6. The van der Waals surface area contributed by atoms with Crippen molar-refractivity contribution >= 4 is 23.5 Å². The Morgan fingerprint density at radius 2 is 2.00 bits per heavy atom. The molecular formula is C28H44N6O4. The van der Waals surface area contributed by atoms with Crippen LogP contribution < -0.4 is 16.0 Å².